The second kappa shape index (κ2) is 6.88. The van der Waals surface area contributed by atoms with E-state index in [0.717, 1.165) is 44.9 Å². The van der Waals surface area contributed by atoms with Gasteiger partial charge in [-0.25, -0.2) is 0 Å². The fourth-order valence-electron chi connectivity index (χ4n) is 10.7. The quantitative estimate of drug-likeness (QED) is 0.384. The third-order valence-corrected chi connectivity index (χ3v) is 13.2. The van der Waals surface area contributed by atoms with Gasteiger partial charge in [0.15, 0.2) is 0 Å². The van der Waals surface area contributed by atoms with Gasteiger partial charge in [0.05, 0.1) is 18.3 Å². The summed E-state index contributed by atoms with van der Waals surface area (Å²) in [7, 11) is 0. The van der Waals surface area contributed by atoms with Crippen LogP contribution in [0.4, 0.5) is 0 Å². The first-order valence-corrected chi connectivity index (χ1v) is 13.8. The summed E-state index contributed by atoms with van der Waals surface area (Å²) < 4.78 is 0. The molecule has 4 fully saturated rings. The Morgan fingerprint density at radius 3 is 2.09 bits per heavy atom. The molecule has 0 radical (unpaired) electrons. The molecule has 188 valence electrons. The van der Waals surface area contributed by atoms with E-state index in [9.17, 15) is 15.3 Å². The molecule has 0 aliphatic heterocycles. The van der Waals surface area contributed by atoms with Crippen molar-refractivity contribution in [3.63, 3.8) is 0 Å². The standard InChI is InChI=1S/C30H50O3/c1-25(2)16-19-18-15-20(31)24-28(6)11-10-22(32)26(3,4)21(28)9-12-30(24,8)29(18,7)14-13-27(19,5)17-23(25)33/h15,19-24,31-33H,9-14,16-17H2,1-8H3/t19?,20?,21-,22-,23+,24?,27-,28-,29+,30+/m0/s1. The number of rotatable bonds is 0. The van der Waals surface area contributed by atoms with Crippen LogP contribution in [0, 0.1) is 50.2 Å². The van der Waals surface area contributed by atoms with Gasteiger partial charge in [-0.2, -0.15) is 0 Å². The van der Waals surface area contributed by atoms with Crippen molar-refractivity contribution in [2.75, 3.05) is 0 Å². The van der Waals surface area contributed by atoms with Crippen molar-refractivity contribution in [1.29, 1.82) is 0 Å². The molecular formula is C30H50O3. The highest BCUT2D eigenvalue weighted by atomic mass is 16.3. The summed E-state index contributed by atoms with van der Waals surface area (Å²) in [6, 6.07) is 0. The molecule has 0 saturated heterocycles. The van der Waals surface area contributed by atoms with Gasteiger partial charge in [-0.15, -0.1) is 0 Å². The Labute approximate surface area is 202 Å². The van der Waals surface area contributed by atoms with Gasteiger partial charge in [0.1, 0.15) is 0 Å². The van der Waals surface area contributed by atoms with Crippen LogP contribution < -0.4 is 0 Å². The Kier molecular flexibility index (Phi) is 5.07. The molecule has 0 spiro atoms. The molecule has 10 atom stereocenters. The molecular weight excluding hydrogens is 408 g/mol. The van der Waals surface area contributed by atoms with Crippen LogP contribution in [0.2, 0.25) is 0 Å². The summed E-state index contributed by atoms with van der Waals surface area (Å²) in [5.74, 6) is 1.12. The van der Waals surface area contributed by atoms with E-state index in [4.69, 9.17) is 0 Å². The Morgan fingerprint density at radius 2 is 1.42 bits per heavy atom. The van der Waals surface area contributed by atoms with Crippen molar-refractivity contribution in [1.82, 2.24) is 0 Å². The SMILES string of the molecule is CC1(C)CC2C3=CC(O)C4[C@@]5(C)CC[C@H](O)C(C)(C)[C@@H]5CC[C@@]4(C)[C@]3(C)CC[C@@]2(C)C[C@H]1O. The highest BCUT2D eigenvalue weighted by molar-refractivity contribution is 5.35. The minimum absolute atomic E-state index is 0.0446. The summed E-state index contributed by atoms with van der Waals surface area (Å²) in [5, 5.41) is 33.8. The van der Waals surface area contributed by atoms with Crippen LogP contribution in [-0.4, -0.2) is 33.6 Å². The Balaban J connectivity index is 1.62. The molecule has 0 aromatic rings. The first kappa shape index (κ1) is 24.3. The largest absolute Gasteiger partial charge is 0.393 e. The van der Waals surface area contributed by atoms with E-state index >= 15 is 0 Å². The van der Waals surface area contributed by atoms with Gasteiger partial charge >= 0.3 is 0 Å². The van der Waals surface area contributed by atoms with Crippen molar-refractivity contribution in [2.24, 2.45) is 50.2 Å². The number of fused-ring (bicyclic) bond motifs is 7. The van der Waals surface area contributed by atoms with Crippen LogP contribution in [0.5, 0.6) is 0 Å². The van der Waals surface area contributed by atoms with Gasteiger partial charge in [-0.1, -0.05) is 67.0 Å². The monoisotopic (exact) mass is 458 g/mol. The van der Waals surface area contributed by atoms with E-state index in [1.54, 1.807) is 0 Å². The van der Waals surface area contributed by atoms with Gasteiger partial charge in [-0.05, 0) is 95.7 Å². The van der Waals surface area contributed by atoms with Crippen molar-refractivity contribution >= 4 is 0 Å². The molecule has 0 aromatic carbocycles. The lowest BCUT2D eigenvalue weighted by molar-refractivity contribution is -0.226. The summed E-state index contributed by atoms with van der Waals surface area (Å²) in [5.41, 5.74) is 1.64. The number of aliphatic hydroxyl groups excluding tert-OH is 3. The molecule has 0 amide bonds. The van der Waals surface area contributed by atoms with E-state index in [1.807, 2.05) is 0 Å². The van der Waals surface area contributed by atoms with Gasteiger partial charge in [0.25, 0.3) is 0 Å². The van der Waals surface area contributed by atoms with Crippen molar-refractivity contribution in [3.05, 3.63) is 11.6 Å². The third-order valence-electron chi connectivity index (χ3n) is 13.2. The third kappa shape index (κ3) is 2.91. The van der Waals surface area contributed by atoms with Crippen molar-refractivity contribution < 1.29 is 15.3 Å². The Morgan fingerprint density at radius 1 is 0.758 bits per heavy atom. The zero-order valence-corrected chi connectivity index (χ0v) is 22.5. The predicted molar refractivity (Wildman–Crippen MR) is 133 cm³/mol. The summed E-state index contributed by atoms with van der Waals surface area (Å²) in [6.45, 7) is 18.9. The highest BCUT2D eigenvalue weighted by Crippen LogP contribution is 2.75. The van der Waals surface area contributed by atoms with Gasteiger partial charge in [-0.3, -0.25) is 0 Å². The molecule has 0 heterocycles. The number of hydrogen-bond acceptors (Lipinski definition) is 3. The van der Waals surface area contributed by atoms with Gasteiger partial charge < -0.3 is 15.3 Å². The maximum absolute atomic E-state index is 11.9. The fourth-order valence-corrected chi connectivity index (χ4v) is 10.7. The molecule has 33 heavy (non-hydrogen) atoms. The maximum Gasteiger partial charge on any atom is 0.0762 e. The van der Waals surface area contributed by atoms with Crippen LogP contribution in [0.25, 0.3) is 0 Å². The van der Waals surface area contributed by atoms with Crippen LogP contribution >= 0.6 is 0 Å². The minimum atomic E-state index is -0.422. The van der Waals surface area contributed by atoms with Gasteiger partial charge in [0.2, 0.25) is 0 Å². The molecule has 0 bridgehead atoms. The average Bonchev–Trinajstić information content (AvgIpc) is 2.69. The topological polar surface area (TPSA) is 60.7 Å². The smallest absolute Gasteiger partial charge is 0.0762 e. The average molecular weight is 459 g/mol. The molecule has 3 nitrogen and oxygen atoms in total. The molecule has 0 aromatic heterocycles. The molecule has 5 aliphatic rings. The van der Waals surface area contributed by atoms with E-state index in [2.05, 4.69) is 61.5 Å². The lowest BCUT2D eigenvalue weighted by Crippen LogP contribution is -2.67. The zero-order chi connectivity index (χ0) is 24.4. The van der Waals surface area contributed by atoms with Crippen LogP contribution in [-0.2, 0) is 0 Å². The summed E-state index contributed by atoms with van der Waals surface area (Å²) in [4.78, 5) is 0. The second-order valence-corrected chi connectivity index (χ2v) is 15.4. The van der Waals surface area contributed by atoms with E-state index < -0.39 is 6.10 Å². The molecule has 3 unspecified atom stereocenters. The first-order valence-electron chi connectivity index (χ1n) is 13.8. The first-order chi connectivity index (χ1) is 15.0. The molecule has 5 aliphatic carbocycles. The molecule has 4 saturated carbocycles. The van der Waals surface area contributed by atoms with Crippen LogP contribution in [0.1, 0.15) is 107 Å². The van der Waals surface area contributed by atoms with E-state index in [0.29, 0.717) is 11.8 Å². The Hall–Kier alpha value is -0.380. The molecule has 5 rings (SSSR count). The number of aliphatic hydroxyl groups is 3. The predicted octanol–water partition coefficient (Wildman–Crippen LogP) is 6.11. The summed E-state index contributed by atoms with van der Waals surface area (Å²) >= 11 is 0. The lowest BCUT2D eigenvalue weighted by Gasteiger charge is -2.72. The Bertz CT molecular complexity index is 859. The lowest BCUT2D eigenvalue weighted by atomic mass is 9.33. The van der Waals surface area contributed by atoms with Crippen LogP contribution in [0.15, 0.2) is 11.6 Å². The van der Waals surface area contributed by atoms with Crippen LogP contribution in [0.3, 0.4) is 0 Å². The maximum atomic E-state index is 11.9. The second-order valence-electron chi connectivity index (χ2n) is 15.4. The number of hydrogen-bond donors (Lipinski definition) is 3. The van der Waals surface area contributed by atoms with E-state index in [1.165, 1.54) is 12.0 Å². The molecule has 3 heteroatoms. The van der Waals surface area contributed by atoms with Gasteiger partial charge in [0, 0.05) is 5.92 Å². The minimum Gasteiger partial charge on any atom is -0.393 e. The van der Waals surface area contributed by atoms with Crippen molar-refractivity contribution in [3.8, 4) is 0 Å². The normalized spacial score (nSPS) is 57.1. The van der Waals surface area contributed by atoms with Crippen molar-refractivity contribution in [2.45, 2.75) is 125 Å². The zero-order valence-electron chi connectivity index (χ0n) is 22.5. The number of allylic oxidation sites excluding steroid dienone is 1. The molecule has 3 N–H and O–H groups in total. The highest BCUT2D eigenvalue weighted by Gasteiger charge is 2.70. The van der Waals surface area contributed by atoms with E-state index in [-0.39, 0.29) is 50.6 Å². The summed E-state index contributed by atoms with van der Waals surface area (Å²) in [6.07, 6.45) is 9.76. The fraction of sp³-hybridized carbons (Fsp3) is 0.933.